The number of ether oxygens (including phenoxy) is 1. The van der Waals surface area contributed by atoms with Crippen LogP contribution in [0.3, 0.4) is 0 Å². The van der Waals surface area contributed by atoms with Crippen LogP contribution in [0.15, 0.2) is 48.5 Å². The zero-order chi connectivity index (χ0) is 16.2. The van der Waals surface area contributed by atoms with E-state index in [1.165, 1.54) is 0 Å². The third-order valence-electron chi connectivity index (χ3n) is 3.56. The molecule has 0 saturated heterocycles. The van der Waals surface area contributed by atoms with Gasteiger partial charge in [0.1, 0.15) is 11.4 Å². The molecule has 1 amide bonds. The molecule has 0 aliphatic heterocycles. The number of benzene rings is 2. The summed E-state index contributed by atoms with van der Waals surface area (Å²) in [5.74, 6) is 0.396. The second-order valence-electron chi connectivity index (χ2n) is 5.14. The highest BCUT2D eigenvalue weighted by Crippen LogP contribution is 2.24. The number of anilines is 1. The number of H-pyrrole nitrogens is 1. The summed E-state index contributed by atoms with van der Waals surface area (Å²) in [5.41, 5.74) is 2.66. The van der Waals surface area contributed by atoms with Crippen LogP contribution in [0, 0.1) is 0 Å². The van der Waals surface area contributed by atoms with Crippen LogP contribution >= 0.6 is 0 Å². The smallest absolute Gasteiger partial charge is 0.272 e. The van der Waals surface area contributed by atoms with E-state index >= 15 is 0 Å². The summed E-state index contributed by atoms with van der Waals surface area (Å²) in [6.07, 6.45) is 0. The number of aliphatic hydroxyl groups is 1. The van der Waals surface area contributed by atoms with Gasteiger partial charge in [0.05, 0.1) is 13.2 Å². The first-order chi connectivity index (χ1) is 11.2. The van der Waals surface area contributed by atoms with Gasteiger partial charge in [0.25, 0.3) is 5.91 Å². The molecule has 1 aromatic heterocycles. The molecule has 0 radical (unpaired) electrons. The second kappa shape index (κ2) is 6.54. The van der Waals surface area contributed by atoms with Crippen LogP contribution in [-0.4, -0.2) is 22.6 Å². The third kappa shape index (κ3) is 3.19. The molecule has 0 aliphatic rings. The van der Waals surface area contributed by atoms with Crippen LogP contribution in [-0.2, 0) is 6.61 Å². The van der Waals surface area contributed by atoms with E-state index in [0.717, 1.165) is 10.9 Å². The molecule has 0 bridgehead atoms. The maximum atomic E-state index is 12.4. The lowest BCUT2D eigenvalue weighted by molar-refractivity contribution is 0.102. The zero-order valence-corrected chi connectivity index (χ0v) is 12.8. The number of rotatable bonds is 5. The summed E-state index contributed by atoms with van der Waals surface area (Å²) in [4.78, 5) is 15.4. The van der Waals surface area contributed by atoms with Crippen LogP contribution < -0.4 is 10.1 Å². The van der Waals surface area contributed by atoms with E-state index in [1.54, 1.807) is 18.2 Å². The summed E-state index contributed by atoms with van der Waals surface area (Å²) in [5, 5.41) is 13.2. The van der Waals surface area contributed by atoms with Crippen molar-refractivity contribution in [3.05, 3.63) is 59.8 Å². The minimum atomic E-state index is -0.228. The van der Waals surface area contributed by atoms with E-state index in [4.69, 9.17) is 4.74 Å². The zero-order valence-electron chi connectivity index (χ0n) is 12.8. The number of aromatic amines is 1. The molecule has 2 aromatic carbocycles. The predicted molar refractivity (Wildman–Crippen MR) is 89.8 cm³/mol. The Balaban J connectivity index is 1.82. The summed E-state index contributed by atoms with van der Waals surface area (Å²) < 4.78 is 5.43. The van der Waals surface area contributed by atoms with E-state index < -0.39 is 0 Å². The van der Waals surface area contributed by atoms with Gasteiger partial charge in [0.15, 0.2) is 0 Å². The first-order valence-electron chi connectivity index (χ1n) is 7.47. The van der Waals surface area contributed by atoms with Gasteiger partial charge in [-0.15, -0.1) is 0 Å². The average Bonchev–Trinajstić information content (AvgIpc) is 3.00. The molecule has 3 rings (SSSR count). The molecule has 118 valence electrons. The molecule has 0 spiro atoms. The van der Waals surface area contributed by atoms with Crippen LogP contribution in [0.5, 0.6) is 5.75 Å². The Morgan fingerprint density at radius 2 is 2.04 bits per heavy atom. The molecule has 0 aliphatic carbocycles. The number of nitrogens with one attached hydrogen (secondary N) is 2. The Morgan fingerprint density at radius 3 is 2.78 bits per heavy atom. The number of carbonyl (C=O) groups excluding carboxylic acids is 1. The van der Waals surface area contributed by atoms with Gasteiger partial charge >= 0.3 is 0 Å². The van der Waals surface area contributed by atoms with Crippen molar-refractivity contribution < 1.29 is 14.6 Å². The number of para-hydroxylation sites is 1. The lowest BCUT2D eigenvalue weighted by Crippen LogP contribution is -2.12. The Hall–Kier alpha value is -2.79. The van der Waals surface area contributed by atoms with Gasteiger partial charge in [0, 0.05) is 22.2 Å². The van der Waals surface area contributed by atoms with Crippen LogP contribution in [0.25, 0.3) is 10.9 Å². The van der Waals surface area contributed by atoms with Crippen LogP contribution in [0.2, 0.25) is 0 Å². The van der Waals surface area contributed by atoms with Crippen LogP contribution in [0.4, 0.5) is 5.69 Å². The van der Waals surface area contributed by atoms with E-state index in [9.17, 15) is 9.90 Å². The fourth-order valence-corrected chi connectivity index (χ4v) is 2.47. The molecule has 5 heteroatoms. The predicted octanol–water partition coefficient (Wildman–Crippen LogP) is 3.31. The minimum Gasteiger partial charge on any atom is -0.494 e. The van der Waals surface area contributed by atoms with Crippen molar-refractivity contribution in [1.82, 2.24) is 4.98 Å². The number of amides is 1. The van der Waals surface area contributed by atoms with E-state index in [2.05, 4.69) is 10.3 Å². The molecule has 23 heavy (non-hydrogen) atoms. The molecule has 3 N–H and O–H groups in total. The highest BCUT2D eigenvalue weighted by atomic mass is 16.5. The van der Waals surface area contributed by atoms with Gasteiger partial charge in [-0.3, -0.25) is 4.79 Å². The lowest BCUT2D eigenvalue weighted by Gasteiger charge is -2.11. The maximum Gasteiger partial charge on any atom is 0.272 e. The van der Waals surface area contributed by atoms with Gasteiger partial charge in [-0.1, -0.05) is 18.2 Å². The molecule has 1 heterocycles. The fourth-order valence-electron chi connectivity index (χ4n) is 2.47. The number of hydrogen-bond acceptors (Lipinski definition) is 3. The number of fused-ring (bicyclic) bond motifs is 1. The van der Waals surface area contributed by atoms with Crippen molar-refractivity contribution in [2.45, 2.75) is 13.5 Å². The minimum absolute atomic E-state index is 0.147. The third-order valence-corrected chi connectivity index (χ3v) is 3.56. The van der Waals surface area contributed by atoms with Crippen molar-refractivity contribution in [3.8, 4) is 5.75 Å². The van der Waals surface area contributed by atoms with E-state index in [0.29, 0.717) is 29.3 Å². The Kier molecular flexibility index (Phi) is 4.30. The largest absolute Gasteiger partial charge is 0.494 e. The average molecular weight is 310 g/mol. The fraction of sp³-hybridized carbons (Fsp3) is 0.167. The lowest BCUT2D eigenvalue weighted by atomic mass is 10.2. The van der Waals surface area contributed by atoms with Crippen molar-refractivity contribution >= 4 is 22.5 Å². The topological polar surface area (TPSA) is 74.3 Å². The van der Waals surface area contributed by atoms with Crippen molar-refractivity contribution in [3.63, 3.8) is 0 Å². The molecule has 0 fully saturated rings. The number of hydrogen-bond donors (Lipinski definition) is 3. The standard InChI is InChI=1S/C18H18N2O3/c1-2-23-17-8-7-14(9-13(17)11-21)19-18(22)16-10-12-5-3-4-6-15(12)20-16/h3-10,20-21H,2,11H2,1H3,(H,19,22). The highest BCUT2D eigenvalue weighted by Gasteiger charge is 2.11. The monoisotopic (exact) mass is 310 g/mol. The summed E-state index contributed by atoms with van der Waals surface area (Å²) in [6.45, 7) is 2.26. The molecule has 5 nitrogen and oxygen atoms in total. The first kappa shape index (κ1) is 15.1. The van der Waals surface area contributed by atoms with Crippen molar-refractivity contribution in [1.29, 1.82) is 0 Å². The Morgan fingerprint density at radius 1 is 1.22 bits per heavy atom. The van der Waals surface area contributed by atoms with Gasteiger partial charge in [-0.2, -0.15) is 0 Å². The molecule has 0 atom stereocenters. The summed E-state index contributed by atoms with van der Waals surface area (Å²) >= 11 is 0. The molecule has 0 unspecified atom stereocenters. The number of aromatic nitrogens is 1. The summed E-state index contributed by atoms with van der Waals surface area (Å²) in [7, 11) is 0. The Bertz CT molecular complexity index is 806. The number of carbonyl (C=O) groups is 1. The Labute approximate surface area is 133 Å². The summed E-state index contributed by atoms with van der Waals surface area (Å²) in [6, 6.07) is 14.7. The first-order valence-corrected chi connectivity index (χ1v) is 7.47. The van der Waals surface area contributed by atoms with E-state index in [-0.39, 0.29) is 12.5 Å². The normalized spacial score (nSPS) is 10.7. The van der Waals surface area contributed by atoms with Gasteiger partial charge < -0.3 is 20.1 Å². The van der Waals surface area contributed by atoms with Crippen molar-refractivity contribution in [2.75, 3.05) is 11.9 Å². The number of aliphatic hydroxyl groups excluding tert-OH is 1. The van der Waals surface area contributed by atoms with Gasteiger partial charge in [-0.05, 0) is 37.3 Å². The molecule has 3 aromatic rings. The molecule has 0 saturated carbocycles. The van der Waals surface area contributed by atoms with Gasteiger partial charge in [0.2, 0.25) is 0 Å². The molecular weight excluding hydrogens is 292 g/mol. The maximum absolute atomic E-state index is 12.4. The van der Waals surface area contributed by atoms with Crippen LogP contribution in [0.1, 0.15) is 23.0 Å². The highest BCUT2D eigenvalue weighted by molar-refractivity contribution is 6.05. The quantitative estimate of drug-likeness (QED) is 0.677. The molecular formula is C18H18N2O3. The van der Waals surface area contributed by atoms with Gasteiger partial charge in [-0.25, -0.2) is 0 Å². The SMILES string of the molecule is CCOc1ccc(NC(=O)c2cc3ccccc3[nH]2)cc1CO. The second-order valence-corrected chi connectivity index (χ2v) is 5.14. The van der Waals surface area contributed by atoms with E-state index in [1.807, 2.05) is 37.3 Å². The van der Waals surface area contributed by atoms with Crippen molar-refractivity contribution in [2.24, 2.45) is 0 Å².